The van der Waals surface area contributed by atoms with Gasteiger partial charge in [-0.3, -0.25) is 4.90 Å². The van der Waals surface area contributed by atoms with E-state index in [1.54, 1.807) is 18.2 Å². The third-order valence-corrected chi connectivity index (χ3v) is 3.15. The average molecular weight is 254 g/mol. The van der Waals surface area contributed by atoms with Crippen molar-refractivity contribution in [1.29, 1.82) is 0 Å². The number of piperazine rings is 1. The molecule has 5 heteroatoms. The highest BCUT2D eigenvalue weighted by Gasteiger charge is 2.20. The Morgan fingerprint density at radius 2 is 2.06 bits per heavy atom. The van der Waals surface area contributed by atoms with Crippen LogP contribution in [-0.2, 0) is 0 Å². The van der Waals surface area contributed by atoms with Crippen LogP contribution in [0.4, 0.5) is 4.39 Å². The van der Waals surface area contributed by atoms with Gasteiger partial charge in [-0.15, -0.1) is 0 Å². The van der Waals surface area contributed by atoms with Crippen LogP contribution in [0, 0.1) is 5.82 Å². The summed E-state index contributed by atoms with van der Waals surface area (Å²) in [5.74, 6) is -0.124. The topological polar surface area (TPSA) is 44.7 Å². The lowest BCUT2D eigenvalue weighted by Gasteiger charge is -2.33. The second-order valence-corrected chi connectivity index (χ2v) is 4.36. The Morgan fingerprint density at radius 3 is 2.72 bits per heavy atom. The Kier molecular flexibility index (Phi) is 4.92. The molecule has 1 aliphatic heterocycles. The number of nitrogens with one attached hydrogen (secondary N) is 1. The van der Waals surface area contributed by atoms with E-state index in [9.17, 15) is 9.50 Å². The molecule has 1 saturated heterocycles. The van der Waals surface area contributed by atoms with Crippen molar-refractivity contribution < 1.29 is 14.2 Å². The SMILES string of the molecule is OCC(COc1ccccc1F)N1CCNCC1. The molecule has 0 aliphatic carbocycles. The molecular weight excluding hydrogens is 235 g/mol. The third kappa shape index (κ3) is 3.41. The highest BCUT2D eigenvalue weighted by atomic mass is 19.1. The zero-order valence-electron chi connectivity index (χ0n) is 10.3. The van der Waals surface area contributed by atoms with Crippen molar-refractivity contribution in [2.75, 3.05) is 39.4 Å². The highest BCUT2D eigenvalue weighted by molar-refractivity contribution is 5.23. The molecule has 4 nitrogen and oxygen atoms in total. The van der Waals surface area contributed by atoms with Crippen LogP contribution in [-0.4, -0.2) is 55.4 Å². The van der Waals surface area contributed by atoms with E-state index in [0.717, 1.165) is 26.2 Å². The summed E-state index contributed by atoms with van der Waals surface area (Å²) < 4.78 is 18.8. The monoisotopic (exact) mass is 254 g/mol. The van der Waals surface area contributed by atoms with Crippen molar-refractivity contribution >= 4 is 0 Å². The van der Waals surface area contributed by atoms with Gasteiger partial charge in [0, 0.05) is 26.2 Å². The second kappa shape index (κ2) is 6.68. The maximum Gasteiger partial charge on any atom is 0.165 e. The number of para-hydroxylation sites is 1. The summed E-state index contributed by atoms with van der Waals surface area (Å²) >= 11 is 0. The molecule has 0 spiro atoms. The first-order chi connectivity index (χ1) is 8.81. The summed E-state index contributed by atoms with van der Waals surface area (Å²) in [4.78, 5) is 2.16. The molecule has 0 amide bonds. The standard InChI is InChI=1S/C13H19FN2O2/c14-12-3-1-2-4-13(12)18-10-11(9-17)16-7-5-15-6-8-16/h1-4,11,15,17H,5-10H2. The molecule has 1 fully saturated rings. The maximum atomic E-state index is 13.4. The number of aliphatic hydroxyl groups excluding tert-OH is 1. The van der Waals surface area contributed by atoms with E-state index in [1.165, 1.54) is 6.07 Å². The van der Waals surface area contributed by atoms with Gasteiger partial charge in [0.05, 0.1) is 12.6 Å². The molecule has 1 aromatic rings. The summed E-state index contributed by atoms with van der Waals surface area (Å²) in [6.45, 7) is 3.91. The van der Waals surface area contributed by atoms with Gasteiger partial charge in [-0.1, -0.05) is 12.1 Å². The number of hydrogen-bond donors (Lipinski definition) is 2. The predicted molar refractivity (Wildman–Crippen MR) is 67.2 cm³/mol. The van der Waals surface area contributed by atoms with Crippen molar-refractivity contribution in [3.63, 3.8) is 0 Å². The van der Waals surface area contributed by atoms with Gasteiger partial charge in [0.1, 0.15) is 6.61 Å². The van der Waals surface area contributed by atoms with Crippen LogP contribution in [0.2, 0.25) is 0 Å². The fourth-order valence-corrected chi connectivity index (χ4v) is 2.07. The van der Waals surface area contributed by atoms with Gasteiger partial charge in [-0.25, -0.2) is 4.39 Å². The molecule has 1 unspecified atom stereocenters. The zero-order valence-corrected chi connectivity index (χ0v) is 10.3. The molecule has 1 heterocycles. The Hall–Kier alpha value is -1.17. The molecule has 1 aliphatic rings. The zero-order chi connectivity index (χ0) is 12.8. The van der Waals surface area contributed by atoms with Gasteiger partial charge in [-0.2, -0.15) is 0 Å². The van der Waals surface area contributed by atoms with E-state index in [2.05, 4.69) is 10.2 Å². The molecule has 100 valence electrons. The van der Waals surface area contributed by atoms with Gasteiger partial charge >= 0.3 is 0 Å². The first-order valence-corrected chi connectivity index (χ1v) is 6.24. The van der Waals surface area contributed by atoms with Crippen LogP contribution in [0.3, 0.4) is 0 Å². The number of rotatable bonds is 5. The van der Waals surface area contributed by atoms with Crippen LogP contribution >= 0.6 is 0 Å². The molecule has 0 saturated carbocycles. The summed E-state index contributed by atoms with van der Waals surface area (Å²) in [5.41, 5.74) is 0. The van der Waals surface area contributed by atoms with Gasteiger partial charge in [0.2, 0.25) is 0 Å². The quantitative estimate of drug-likeness (QED) is 0.802. The number of ether oxygens (including phenoxy) is 1. The van der Waals surface area contributed by atoms with Crippen LogP contribution < -0.4 is 10.1 Å². The van der Waals surface area contributed by atoms with Gasteiger partial charge < -0.3 is 15.2 Å². The Bertz CT molecular complexity index is 370. The Balaban J connectivity index is 1.88. The third-order valence-electron chi connectivity index (χ3n) is 3.15. The summed E-state index contributed by atoms with van der Waals surface area (Å²) in [6.07, 6.45) is 0. The van der Waals surface area contributed by atoms with Gasteiger partial charge in [-0.05, 0) is 12.1 Å². The van der Waals surface area contributed by atoms with E-state index >= 15 is 0 Å². The summed E-state index contributed by atoms with van der Waals surface area (Å²) in [7, 11) is 0. The summed E-state index contributed by atoms with van der Waals surface area (Å²) in [5, 5.41) is 12.6. The van der Waals surface area contributed by atoms with E-state index in [-0.39, 0.29) is 24.2 Å². The fourth-order valence-electron chi connectivity index (χ4n) is 2.07. The number of hydrogen-bond acceptors (Lipinski definition) is 4. The normalized spacial score (nSPS) is 18.6. The average Bonchev–Trinajstić information content (AvgIpc) is 2.42. The number of nitrogens with zero attached hydrogens (tertiary/aromatic N) is 1. The van der Waals surface area contributed by atoms with Crippen LogP contribution in [0.5, 0.6) is 5.75 Å². The lowest BCUT2D eigenvalue weighted by atomic mass is 10.2. The number of benzene rings is 1. The smallest absolute Gasteiger partial charge is 0.165 e. The predicted octanol–water partition coefficient (Wildman–Crippen LogP) is 0.471. The van der Waals surface area contributed by atoms with E-state index in [0.29, 0.717) is 6.61 Å². The molecule has 0 bridgehead atoms. The minimum absolute atomic E-state index is 0.0223. The van der Waals surface area contributed by atoms with Crippen molar-refractivity contribution in [2.45, 2.75) is 6.04 Å². The van der Waals surface area contributed by atoms with Crippen LogP contribution in [0.25, 0.3) is 0 Å². The minimum atomic E-state index is -0.366. The maximum absolute atomic E-state index is 13.4. The first kappa shape index (κ1) is 13.3. The van der Waals surface area contributed by atoms with Crippen LogP contribution in [0.15, 0.2) is 24.3 Å². The molecule has 2 N–H and O–H groups in total. The van der Waals surface area contributed by atoms with Crippen molar-refractivity contribution in [3.8, 4) is 5.75 Å². The van der Waals surface area contributed by atoms with Gasteiger partial charge in [0.25, 0.3) is 0 Å². The molecule has 1 aromatic carbocycles. The molecule has 0 radical (unpaired) electrons. The Labute approximate surface area is 106 Å². The van der Waals surface area contributed by atoms with Gasteiger partial charge in [0.15, 0.2) is 11.6 Å². The Morgan fingerprint density at radius 1 is 1.33 bits per heavy atom. The molecule has 18 heavy (non-hydrogen) atoms. The molecular formula is C13H19FN2O2. The van der Waals surface area contributed by atoms with E-state index < -0.39 is 0 Å². The van der Waals surface area contributed by atoms with Crippen LogP contribution in [0.1, 0.15) is 0 Å². The largest absolute Gasteiger partial charge is 0.489 e. The number of halogens is 1. The molecule has 2 rings (SSSR count). The fraction of sp³-hybridized carbons (Fsp3) is 0.538. The summed E-state index contributed by atoms with van der Waals surface area (Å²) in [6, 6.07) is 6.25. The molecule has 0 aromatic heterocycles. The minimum Gasteiger partial charge on any atom is -0.489 e. The number of aliphatic hydroxyl groups is 1. The highest BCUT2D eigenvalue weighted by Crippen LogP contribution is 2.16. The van der Waals surface area contributed by atoms with Crippen molar-refractivity contribution in [2.24, 2.45) is 0 Å². The second-order valence-electron chi connectivity index (χ2n) is 4.36. The lowest BCUT2D eigenvalue weighted by molar-refractivity contribution is 0.0722. The lowest BCUT2D eigenvalue weighted by Crippen LogP contribution is -2.51. The van der Waals surface area contributed by atoms with Crippen molar-refractivity contribution in [3.05, 3.63) is 30.1 Å². The first-order valence-electron chi connectivity index (χ1n) is 6.24. The molecule has 1 atom stereocenters. The van der Waals surface area contributed by atoms with E-state index in [1.807, 2.05) is 0 Å². The van der Waals surface area contributed by atoms with E-state index in [4.69, 9.17) is 4.74 Å². The van der Waals surface area contributed by atoms with Crippen molar-refractivity contribution in [1.82, 2.24) is 10.2 Å².